The summed E-state index contributed by atoms with van der Waals surface area (Å²) < 4.78 is 7.86. The first-order valence-electron chi connectivity index (χ1n) is 9.53. The molecule has 1 aliphatic rings. The van der Waals surface area contributed by atoms with Crippen LogP contribution in [0.2, 0.25) is 0 Å². The van der Waals surface area contributed by atoms with Gasteiger partial charge in [0.25, 0.3) is 5.89 Å². The van der Waals surface area contributed by atoms with Gasteiger partial charge in [-0.1, -0.05) is 0 Å². The van der Waals surface area contributed by atoms with Gasteiger partial charge in [-0.05, 0) is 44.1 Å². The fourth-order valence-electron chi connectivity index (χ4n) is 3.50. The maximum Gasteiger partial charge on any atom is 0.251 e. The maximum absolute atomic E-state index is 6.09. The van der Waals surface area contributed by atoms with Crippen molar-refractivity contribution in [2.75, 3.05) is 18.8 Å². The van der Waals surface area contributed by atoms with Crippen LogP contribution in [0.3, 0.4) is 0 Å². The summed E-state index contributed by atoms with van der Waals surface area (Å²) >= 11 is 0. The van der Waals surface area contributed by atoms with Crippen LogP contribution in [0, 0.1) is 0 Å². The minimum atomic E-state index is 0.321. The number of hydrogen-bond acceptors (Lipinski definition) is 8. The standard InChI is InChI=1S/C20H20N8O/c21-18-17(20-27-26-19(29-20)13-2-1-5-23-9-13)8-14(10-24-18)15-11-25-28(12-15)16-3-6-22-7-4-16/h1-2,5,8-12,16,22H,3-4,6-7H2,(H2,21,24). The van der Waals surface area contributed by atoms with Crippen molar-refractivity contribution >= 4 is 5.82 Å². The van der Waals surface area contributed by atoms with Crippen molar-refractivity contribution in [2.24, 2.45) is 0 Å². The molecule has 29 heavy (non-hydrogen) atoms. The summed E-state index contributed by atoms with van der Waals surface area (Å²) in [6, 6.07) is 6.00. The first-order chi connectivity index (χ1) is 14.3. The number of nitrogen functional groups attached to an aromatic ring is 1. The highest BCUT2D eigenvalue weighted by Gasteiger charge is 2.18. The average Bonchev–Trinajstić information content (AvgIpc) is 3.46. The summed E-state index contributed by atoms with van der Waals surface area (Å²) in [4.78, 5) is 8.40. The Labute approximate surface area is 167 Å². The highest BCUT2D eigenvalue weighted by atomic mass is 16.4. The van der Waals surface area contributed by atoms with Gasteiger partial charge in [-0.25, -0.2) is 4.98 Å². The van der Waals surface area contributed by atoms with Crippen molar-refractivity contribution in [3.05, 3.63) is 49.2 Å². The van der Waals surface area contributed by atoms with Crippen molar-refractivity contribution < 1.29 is 4.42 Å². The van der Waals surface area contributed by atoms with Crippen molar-refractivity contribution in [1.29, 1.82) is 0 Å². The van der Waals surface area contributed by atoms with Gasteiger partial charge in [0.15, 0.2) is 0 Å². The van der Waals surface area contributed by atoms with Crippen LogP contribution in [0.5, 0.6) is 0 Å². The van der Waals surface area contributed by atoms with Gasteiger partial charge in [-0.2, -0.15) is 5.10 Å². The maximum atomic E-state index is 6.09. The third-order valence-corrected chi connectivity index (χ3v) is 5.10. The molecule has 0 radical (unpaired) electrons. The smallest absolute Gasteiger partial charge is 0.251 e. The third-order valence-electron chi connectivity index (χ3n) is 5.10. The third kappa shape index (κ3) is 3.47. The van der Waals surface area contributed by atoms with E-state index in [1.807, 2.05) is 29.1 Å². The molecule has 9 heteroatoms. The van der Waals surface area contributed by atoms with E-state index in [0.717, 1.165) is 42.6 Å². The van der Waals surface area contributed by atoms with E-state index >= 15 is 0 Å². The van der Waals surface area contributed by atoms with E-state index in [2.05, 4.69) is 36.8 Å². The quantitative estimate of drug-likeness (QED) is 0.547. The molecule has 0 atom stereocenters. The monoisotopic (exact) mass is 388 g/mol. The molecule has 9 nitrogen and oxygen atoms in total. The van der Waals surface area contributed by atoms with Gasteiger partial charge in [0.1, 0.15) is 5.82 Å². The highest BCUT2D eigenvalue weighted by Crippen LogP contribution is 2.31. The number of piperidine rings is 1. The molecule has 0 unspecified atom stereocenters. The molecule has 5 heterocycles. The fraction of sp³-hybridized carbons (Fsp3) is 0.250. The number of aromatic nitrogens is 6. The first-order valence-corrected chi connectivity index (χ1v) is 9.53. The minimum absolute atomic E-state index is 0.321. The Bertz CT molecular complexity index is 1110. The molecule has 146 valence electrons. The van der Waals surface area contributed by atoms with E-state index < -0.39 is 0 Å². The molecule has 0 aromatic carbocycles. The summed E-state index contributed by atoms with van der Waals surface area (Å²) in [5, 5.41) is 16.2. The van der Waals surface area contributed by atoms with Crippen molar-refractivity contribution in [2.45, 2.75) is 18.9 Å². The second kappa shape index (κ2) is 7.44. The van der Waals surface area contributed by atoms with Crippen LogP contribution >= 0.6 is 0 Å². The second-order valence-electron chi connectivity index (χ2n) is 7.00. The summed E-state index contributed by atoms with van der Waals surface area (Å²) in [6.07, 6.45) is 11.2. The Kier molecular flexibility index (Phi) is 4.49. The summed E-state index contributed by atoms with van der Waals surface area (Å²) in [5.41, 5.74) is 9.31. The molecule has 0 spiro atoms. The summed E-state index contributed by atoms with van der Waals surface area (Å²) in [5.74, 6) is 1.04. The van der Waals surface area contributed by atoms with E-state index in [4.69, 9.17) is 10.2 Å². The average molecular weight is 388 g/mol. The zero-order chi connectivity index (χ0) is 19.6. The van der Waals surface area contributed by atoms with Crippen molar-refractivity contribution in [3.8, 4) is 34.0 Å². The molecule has 0 amide bonds. The van der Waals surface area contributed by atoms with Crippen LogP contribution in [-0.2, 0) is 0 Å². The molecule has 3 N–H and O–H groups in total. The van der Waals surface area contributed by atoms with Crippen LogP contribution in [0.4, 0.5) is 5.82 Å². The molecule has 5 rings (SSSR count). The number of nitrogens with one attached hydrogen (secondary N) is 1. The molecule has 1 saturated heterocycles. The SMILES string of the molecule is Nc1ncc(-c2cnn(C3CCNCC3)c2)cc1-c1nnc(-c2cccnc2)o1. The Hall–Kier alpha value is -3.59. The van der Waals surface area contributed by atoms with Crippen LogP contribution in [0.15, 0.2) is 53.6 Å². The van der Waals surface area contributed by atoms with Gasteiger partial charge in [-0.15, -0.1) is 10.2 Å². The molecule has 0 saturated carbocycles. The van der Waals surface area contributed by atoms with Gasteiger partial charge < -0.3 is 15.5 Å². The lowest BCUT2D eigenvalue weighted by Gasteiger charge is -2.22. The Balaban J connectivity index is 1.45. The number of pyridine rings is 2. The van der Waals surface area contributed by atoms with Gasteiger partial charge in [0.2, 0.25) is 5.89 Å². The summed E-state index contributed by atoms with van der Waals surface area (Å²) in [6.45, 7) is 2.04. The van der Waals surface area contributed by atoms with Crippen molar-refractivity contribution in [3.63, 3.8) is 0 Å². The van der Waals surface area contributed by atoms with Gasteiger partial charge in [0.05, 0.1) is 23.4 Å². The molecule has 4 aromatic rings. The lowest BCUT2D eigenvalue weighted by Crippen LogP contribution is -2.29. The molecule has 0 aliphatic carbocycles. The van der Waals surface area contributed by atoms with E-state index in [1.165, 1.54) is 0 Å². The fourth-order valence-corrected chi connectivity index (χ4v) is 3.50. The highest BCUT2D eigenvalue weighted by molar-refractivity contribution is 5.75. The van der Waals surface area contributed by atoms with Crippen LogP contribution in [0.1, 0.15) is 18.9 Å². The molecule has 1 aliphatic heterocycles. The van der Waals surface area contributed by atoms with E-state index in [0.29, 0.717) is 29.2 Å². The van der Waals surface area contributed by atoms with E-state index in [-0.39, 0.29) is 0 Å². The van der Waals surface area contributed by atoms with Gasteiger partial charge in [-0.3, -0.25) is 9.67 Å². The van der Waals surface area contributed by atoms with Crippen molar-refractivity contribution in [1.82, 2.24) is 35.3 Å². The lowest BCUT2D eigenvalue weighted by atomic mass is 10.1. The number of hydrogen-bond donors (Lipinski definition) is 2. The van der Waals surface area contributed by atoms with Crippen LogP contribution in [-0.4, -0.2) is 43.0 Å². The van der Waals surface area contributed by atoms with Crippen LogP contribution in [0.25, 0.3) is 34.0 Å². The molecule has 0 bridgehead atoms. The number of nitrogens with two attached hydrogens (primary N) is 1. The topological polar surface area (TPSA) is 121 Å². The molecular formula is C20H20N8O. The zero-order valence-corrected chi connectivity index (χ0v) is 15.7. The molecular weight excluding hydrogens is 368 g/mol. The lowest BCUT2D eigenvalue weighted by molar-refractivity contribution is 0.343. The Morgan fingerprint density at radius 2 is 1.90 bits per heavy atom. The minimum Gasteiger partial charge on any atom is -0.416 e. The zero-order valence-electron chi connectivity index (χ0n) is 15.7. The predicted octanol–water partition coefficient (Wildman–Crippen LogP) is 2.56. The van der Waals surface area contributed by atoms with E-state index in [1.54, 1.807) is 18.6 Å². The second-order valence-corrected chi connectivity index (χ2v) is 7.00. The number of anilines is 1. The molecule has 1 fully saturated rings. The van der Waals surface area contributed by atoms with Gasteiger partial charge >= 0.3 is 0 Å². The molecule has 4 aromatic heterocycles. The largest absolute Gasteiger partial charge is 0.416 e. The summed E-state index contributed by atoms with van der Waals surface area (Å²) in [7, 11) is 0. The van der Waals surface area contributed by atoms with Gasteiger partial charge in [0, 0.05) is 35.9 Å². The predicted molar refractivity (Wildman–Crippen MR) is 108 cm³/mol. The van der Waals surface area contributed by atoms with Crippen LogP contribution < -0.4 is 11.1 Å². The first kappa shape index (κ1) is 17.5. The number of nitrogens with zero attached hydrogens (tertiary/aromatic N) is 6. The Morgan fingerprint density at radius 3 is 2.72 bits per heavy atom. The number of rotatable bonds is 4. The normalized spacial score (nSPS) is 14.9. The van der Waals surface area contributed by atoms with E-state index in [9.17, 15) is 0 Å². The Morgan fingerprint density at radius 1 is 1.03 bits per heavy atom.